The second kappa shape index (κ2) is 33.3. The first kappa shape index (κ1) is 78.6. The summed E-state index contributed by atoms with van der Waals surface area (Å²) < 4.78 is 0. The van der Waals surface area contributed by atoms with Crippen LogP contribution < -0.4 is 0 Å². The maximum atomic E-state index is 5.64. The molecule has 0 aliphatic carbocycles. The van der Waals surface area contributed by atoms with Crippen molar-refractivity contribution in [1.29, 1.82) is 0 Å². The highest BCUT2D eigenvalue weighted by Crippen LogP contribution is 2.51. The number of rotatable bonds is 14. The Labute approximate surface area is 760 Å². The quantitative estimate of drug-likeness (QED) is 0.0744. The number of H-pyrrole nitrogens is 4. The van der Waals surface area contributed by atoms with Crippen LogP contribution >= 0.6 is 70.6 Å². The van der Waals surface area contributed by atoms with Crippen LogP contribution in [-0.4, -0.2) is 79.7 Å². The minimum Gasteiger partial charge on any atom is -0.324 e. The fraction of sp³-hybridized carbons (Fsp3) is 0.0566. The van der Waals surface area contributed by atoms with Crippen LogP contribution in [0.15, 0.2) is 364 Å². The zero-order valence-corrected chi connectivity index (χ0v) is 74.2. The molecule has 4 aliphatic rings. The molecule has 0 fully saturated rings. The van der Waals surface area contributed by atoms with E-state index in [0.717, 1.165) is 161 Å². The number of nitrogens with zero attached hydrogens (tertiary/aromatic N) is 12. The van der Waals surface area contributed by atoms with Gasteiger partial charge in [-0.2, -0.15) is 0 Å². The molecule has 612 valence electrons. The Kier molecular flexibility index (Phi) is 20.5. The largest absolute Gasteiger partial charge is 0.324 e. The predicted molar refractivity (Wildman–Crippen MR) is 525 cm³/mol. The molecule has 16 nitrogen and oxygen atoms in total. The van der Waals surface area contributed by atoms with Gasteiger partial charge in [0.15, 0.2) is 46.6 Å². The van der Waals surface area contributed by atoms with Gasteiger partial charge in [0.2, 0.25) is 0 Å². The lowest BCUT2D eigenvalue weighted by atomic mass is 10.0. The molecule has 4 aliphatic heterocycles. The van der Waals surface area contributed by atoms with E-state index < -0.39 is 0 Å². The van der Waals surface area contributed by atoms with Crippen molar-refractivity contribution in [3.05, 3.63) is 349 Å². The summed E-state index contributed by atoms with van der Waals surface area (Å²) in [6.07, 6.45) is 0. The number of aryl methyl sites for hydroxylation is 4. The zero-order chi connectivity index (χ0) is 85.5. The van der Waals surface area contributed by atoms with Crippen LogP contribution in [0.1, 0.15) is 33.4 Å². The molecule has 22 heteroatoms. The van der Waals surface area contributed by atoms with Crippen LogP contribution in [0.4, 0.5) is 0 Å². The molecule has 128 heavy (non-hydrogen) atoms. The molecule has 14 aromatic carbocycles. The van der Waals surface area contributed by atoms with E-state index >= 15 is 0 Å². The maximum Gasteiger partial charge on any atom is 0.165 e. The Morgan fingerprint density at radius 3 is 0.812 bits per heavy atom. The lowest BCUT2D eigenvalue weighted by molar-refractivity contribution is 1.18. The van der Waals surface area contributed by atoms with Crippen LogP contribution in [-0.2, 0) is 11.5 Å². The van der Waals surface area contributed by atoms with Crippen molar-refractivity contribution in [3.63, 3.8) is 0 Å². The average molecular weight is 1760 g/mol. The molecule has 0 saturated heterocycles. The van der Waals surface area contributed by atoms with E-state index in [1.165, 1.54) is 20.9 Å². The Balaban J connectivity index is 0.000000151. The standard InChI is InChI=1S/C60H42N8S4.C46H30N8S2/c1-33-25-29-41(69-37-17-9-5-10-18-37)49-45(33)53-61-54-46-34(2)26-30-42(70-38-19-11-6-12-20-38)50(46)58(63-54)65-56-48-36(4)28-32-44(72-40-23-15-8-16-24-40)52(48)60(67-56)68-59-51-43(71-39-21-13-7-14-22-39)31-27-35(3)47(51)55(66-59)64-57(49)62-53;1-3-13-27(14-4-1)25-55-37-23-35-36(24-38(37)56-26-28-15-5-2-6-16-28)46-53-44-34-22-12-10-20-32(34)42(51-44)49-40-30-18-8-7-17-29(30)39(47-40)48-41-31-19-9-11-21-33(31)43(50-41)52-45(35)54-46/h5-32H,1-4H3,(H2,61,62,63,64,65,66,67,68);1-24H,25-26H2,(H2,47,48,49,50,51,52,53,54). The molecule has 0 saturated carbocycles. The summed E-state index contributed by atoms with van der Waals surface area (Å²) in [5.41, 5.74) is 19.5. The van der Waals surface area contributed by atoms with Gasteiger partial charge in [0.1, 0.15) is 45.2 Å². The lowest BCUT2D eigenvalue weighted by Gasteiger charge is -2.12. The highest BCUT2D eigenvalue weighted by Gasteiger charge is 2.32. The molecule has 16 bridgehead atoms. The first-order chi connectivity index (χ1) is 63.0. The van der Waals surface area contributed by atoms with Gasteiger partial charge in [-0.15, -0.1) is 23.5 Å². The van der Waals surface area contributed by atoms with Crippen LogP contribution in [0.5, 0.6) is 0 Å². The SMILES string of the molecule is Cc1ccc(Sc2ccccc2)c2c1-c1nc-2nc2[nH]c(nc3nc(nc4[nH]c(n1)c1c(C)ccc(Sc5ccccc5)c41)-c1c(C)ccc(Sc4ccccc4)c1-3)c1c(Sc3ccccc3)ccc(C)c21.c1ccc(CSc2cc3c(cc2SCc2ccccc2)-c2nc-3nc3[nH]c(nc4nc(nc5[nH]c(n2)c2ccccc52)-c2ccccc2-4)c2ccccc32)cc1. The number of aromatic nitrogens is 16. The average Bonchev–Trinajstić information content (AvgIpc) is 1.58. The van der Waals surface area contributed by atoms with E-state index in [-0.39, 0.29) is 0 Å². The number of fused-ring (bicyclic) bond motifs is 40. The third-order valence-corrected chi connectivity index (χ3v) is 29.7. The van der Waals surface area contributed by atoms with Gasteiger partial charge in [-0.05, 0) is 146 Å². The van der Waals surface area contributed by atoms with E-state index in [4.69, 9.17) is 59.8 Å². The van der Waals surface area contributed by atoms with Crippen molar-refractivity contribution in [1.82, 2.24) is 79.7 Å². The van der Waals surface area contributed by atoms with Crippen LogP contribution in [0.25, 0.3) is 179 Å². The summed E-state index contributed by atoms with van der Waals surface area (Å²) in [6, 6.07) is 109. The fourth-order valence-corrected chi connectivity index (χ4v) is 23.1. The molecule has 4 N–H and O–H groups in total. The van der Waals surface area contributed by atoms with E-state index in [9.17, 15) is 0 Å². The number of hydrogen-bond acceptors (Lipinski definition) is 18. The smallest absolute Gasteiger partial charge is 0.165 e. The van der Waals surface area contributed by atoms with Crippen molar-refractivity contribution in [2.75, 3.05) is 0 Å². The van der Waals surface area contributed by atoms with Gasteiger partial charge in [-0.25, -0.2) is 59.8 Å². The Morgan fingerprint density at radius 1 is 0.203 bits per heavy atom. The summed E-state index contributed by atoms with van der Waals surface area (Å²) in [5, 5.41) is 7.63. The maximum absolute atomic E-state index is 5.64. The second-order valence-corrected chi connectivity index (χ2v) is 37.9. The summed E-state index contributed by atoms with van der Waals surface area (Å²) in [5.74, 6) is 6.31. The van der Waals surface area contributed by atoms with Gasteiger partial charge in [0, 0.05) is 148 Å². The lowest BCUT2D eigenvalue weighted by Crippen LogP contribution is -1.90. The molecular formula is C106H72N16S6. The topological polar surface area (TPSA) is 218 Å². The van der Waals surface area contributed by atoms with Crippen molar-refractivity contribution in [2.24, 2.45) is 0 Å². The molecular weight excluding hydrogens is 1690 g/mol. The molecule has 0 radical (unpaired) electrons. The molecule has 0 amide bonds. The monoisotopic (exact) mass is 1760 g/mol. The highest BCUT2D eigenvalue weighted by molar-refractivity contribution is 8.01. The number of thioether (sulfide) groups is 2. The Bertz CT molecular complexity index is 8050. The third kappa shape index (κ3) is 14.8. The van der Waals surface area contributed by atoms with E-state index in [1.54, 1.807) is 47.0 Å². The predicted octanol–water partition coefficient (Wildman–Crippen LogP) is 28.2. The van der Waals surface area contributed by atoms with Gasteiger partial charge in [-0.1, -0.05) is 278 Å². The second-order valence-electron chi connectivity index (χ2n) is 31.4. The number of benzene rings is 14. The van der Waals surface area contributed by atoms with Gasteiger partial charge >= 0.3 is 0 Å². The molecule has 24 rings (SSSR count). The van der Waals surface area contributed by atoms with Crippen molar-refractivity contribution >= 4 is 159 Å². The van der Waals surface area contributed by atoms with E-state index in [0.29, 0.717) is 91.8 Å². The minimum atomic E-state index is 0.567. The number of nitrogens with one attached hydrogen (secondary N) is 4. The molecule has 0 unspecified atom stereocenters. The van der Waals surface area contributed by atoms with Gasteiger partial charge in [0.25, 0.3) is 0 Å². The number of aromatic amines is 4. The van der Waals surface area contributed by atoms with Crippen LogP contribution in [0, 0.1) is 27.7 Å². The highest BCUT2D eigenvalue weighted by atomic mass is 32.2. The third-order valence-electron chi connectivity index (χ3n) is 23.1. The zero-order valence-electron chi connectivity index (χ0n) is 69.3. The van der Waals surface area contributed by atoms with Gasteiger partial charge in [-0.3, -0.25) is 0 Å². The van der Waals surface area contributed by atoms with Crippen molar-refractivity contribution in [3.8, 4) is 91.1 Å². The molecule has 0 spiro atoms. The summed E-state index contributed by atoms with van der Waals surface area (Å²) in [6.45, 7) is 8.55. The Hall–Kier alpha value is -14.1. The van der Waals surface area contributed by atoms with E-state index in [1.807, 2.05) is 96.3 Å². The molecule has 6 aromatic heterocycles. The first-order valence-electron chi connectivity index (χ1n) is 41.9. The molecule has 0 atom stereocenters. The normalized spacial score (nSPS) is 11.8. The molecule has 20 aromatic rings. The van der Waals surface area contributed by atoms with Crippen LogP contribution in [0.2, 0.25) is 0 Å². The summed E-state index contributed by atoms with van der Waals surface area (Å²) >= 11 is 10.5. The van der Waals surface area contributed by atoms with Gasteiger partial charge < -0.3 is 19.9 Å². The molecule has 10 heterocycles. The fourth-order valence-electron chi connectivity index (χ4n) is 17.0. The number of hydrogen-bond donors (Lipinski definition) is 4. The summed E-state index contributed by atoms with van der Waals surface area (Å²) in [7, 11) is 0. The van der Waals surface area contributed by atoms with Crippen molar-refractivity contribution < 1.29 is 0 Å². The van der Waals surface area contributed by atoms with Crippen LogP contribution in [0.3, 0.4) is 0 Å². The van der Waals surface area contributed by atoms with Crippen molar-refractivity contribution in [2.45, 2.75) is 88.2 Å². The first-order valence-corrected chi connectivity index (χ1v) is 47.2. The van der Waals surface area contributed by atoms with E-state index in [2.05, 4.69) is 290 Å². The Morgan fingerprint density at radius 2 is 0.461 bits per heavy atom. The van der Waals surface area contributed by atoms with Gasteiger partial charge in [0.05, 0.1) is 0 Å². The minimum absolute atomic E-state index is 0.567. The summed E-state index contributed by atoms with van der Waals surface area (Å²) in [4.78, 5) is 90.0.